The number of nitrogens with zero attached hydrogens (tertiary/aromatic N) is 2. The first kappa shape index (κ1) is 22.5. The number of rotatable bonds is 4. The predicted octanol–water partition coefficient (Wildman–Crippen LogP) is 2.94. The zero-order valence-corrected chi connectivity index (χ0v) is 18.5. The van der Waals surface area contributed by atoms with Gasteiger partial charge in [-0.15, -0.1) is 0 Å². The van der Waals surface area contributed by atoms with E-state index < -0.39 is 0 Å². The molecule has 1 atom stereocenters. The van der Waals surface area contributed by atoms with Gasteiger partial charge in [-0.25, -0.2) is 0 Å². The third-order valence-electron chi connectivity index (χ3n) is 5.56. The van der Waals surface area contributed by atoms with Crippen molar-refractivity contribution in [3.05, 3.63) is 71.8 Å². The first-order chi connectivity index (χ1) is 14.2. The van der Waals surface area contributed by atoms with Gasteiger partial charge in [0.1, 0.15) is 0 Å². The molecule has 0 spiro atoms. The zero-order valence-electron chi connectivity index (χ0n) is 17.5. The van der Waals surface area contributed by atoms with Crippen LogP contribution in [0.2, 0.25) is 0 Å². The van der Waals surface area contributed by atoms with Crippen LogP contribution in [-0.2, 0) is 28.8 Å². The number of nitrogens with one attached hydrogen (secondary N) is 2. The van der Waals surface area contributed by atoms with Crippen LogP contribution >= 0.6 is 0 Å². The van der Waals surface area contributed by atoms with Crippen molar-refractivity contribution in [1.82, 2.24) is 15.5 Å². The van der Waals surface area contributed by atoms with Crippen LogP contribution in [0.4, 0.5) is 0 Å². The topological polar surface area (TPSA) is 27.3 Å². The Morgan fingerprint density at radius 2 is 1.34 bits per heavy atom. The fourth-order valence-corrected chi connectivity index (χ4v) is 4.36. The van der Waals surface area contributed by atoms with Gasteiger partial charge in [0.25, 0.3) is 0 Å². The Labute approximate surface area is 184 Å². The fourth-order valence-electron chi connectivity index (χ4n) is 3.93. The quantitative estimate of drug-likeness (QED) is 0.718. The van der Waals surface area contributed by atoms with Gasteiger partial charge in [-0.3, -0.25) is 0 Å². The molecule has 161 valence electrons. The predicted molar refractivity (Wildman–Crippen MR) is 117 cm³/mol. The summed E-state index contributed by atoms with van der Waals surface area (Å²) in [6, 6.07) is 21.6. The van der Waals surface area contributed by atoms with Crippen molar-refractivity contribution in [2.45, 2.75) is 25.9 Å². The molecule has 5 heteroatoms. The summed E-state index contributed by atoms with van der Waals surface area (Å²) in [4.78, 5) is 2.60. The van der Waals surface area contributed by atoms with Crippen LogP contribution in [0, 0.1) is 0 Å². The second kappa shape index (κ2) is 12.5. The molecule has 0 amide bonds. The molecule has 1 unspecified atom stereocenters. The molecule has 1 saturated heterocycles. The first-order valence-electron chi connectivity index (χ1n) is 11.0. The van der Waals surface area contributed by atoms with Crippen molar-refractivity contribution in [3.8, 4) is 0 Å². The van der Waals surface area contributed by atoms with E-state index >= 15 is 0 Å². The Bertz CT molecular complexity index is 682. The number of benzene rings is 2. The Morgan fingerprint density at radius 1 is 0.724 bits per heavy atom. The summed E-state index contributed by atoms with van der Waals surface area (Å²) in [5, 5.41) is 7.12. The van der Waals surface area contributed by atoms with Crippen LogP contribution in [0.3, 0.4) is 0 Å². The Balaban J connectivity index is 1.67. The van der Waals surface area contributed by atoms with E-state index in [0.29, 0.717) is 0 Å². The van der Waals surface area contributed by atoms with Crippen molar-refractivity contribution >= 4 is 0 Å². The van der Waals surface area contributed by atoms with E-state index in [1.54, 1.807) is 0 Å². The van der Waals surface area contributed by atoms with Crippen LogP contribution in [0.15, 0.2) is 60.7 Å². The Kier molecular flexibility index (Phi) is 9.65. The molecule has 1 fully saturated rings. The molecule has 1 aliphatic heterocycles. The SMILES string of the molecule is [Ni][N+]1(Cc2ccccc2)CCCNCCNCCCN(Cc2ccccc2)CC1. The molecule has 1 aliphatic rings. The van der Waals surface area contributed by atoms with Gasteiger partial charge in [-0.2, -0.15) is 0 Å². The van der Waals surface area contributed by atoms with E-state index in [9.17, 15) is 0 Å². The van der Waals surface area contributed by atoms with Crippen LogP contribution in [0.1, 0.15) is 24.0 Å². The molecule has 0 aromatic heterocycles. The van der Waals surface area contributed by atoms with E-state index in [2.05, 4.69) is 76.2 Å². The summed E-state index contributed by atoms with van der Waals surface area (Å²) in [5.74, 6) is 0. The molecule has 0 radical (unpaired) electrons. The Hall–Kier alpha value is -1.23. The summed E-state index contributed by atoms with van der Waals surface area (Å²) in [6.45, 7) is 10.4. The maximum absolute atomic E-state index is 5.84. The van der Waals surface area contributed by atoms with Gasteiger partial charge in [0.05, 0.1) is 0 Å². The van der Waals surface area contributed by atoms with Gasteiger partial charge in [-0.05, 0) is 0 Å². The average Bonchev–Trinajstić information content (AvgIpc) is 2.74. The standard InChI is InChI=1S/C24H36N4.Ni/c1-3-9-23(10-4-1)21-27-17-7-13-25-15-16-26-14-8-18-28(20-19-27)22-24-11-5-2-6-12-24;/h1-6,9-12,25-26H,7-8,13-22H2;/q;+1. The van der Waals surface area contributed by atoms with E-state index in [1.807, 2.05) is 0 Å². The van der Waals surface area contributed by atoms with E-state index in [-0.39, 0.29) is 0 Å². The monoisotopic (exact) mass is 438 g/mol. The molecule has 0 saturated carbocycles. The van der Waals surface area contributed by atoms with Gasteiger partial charge in [0, 0.05) is 0 Å². The third kappa shape index (κ3) is 8.58. The second-order valence-corrected chi connectivity index (χ2v) is 8.97. The molecular formula is C24H36N4Ni+. The van der Waals surface area contributed by atoms with Crippen molar-refractivity contribution in [2.75, 3.05) is 52.4 Å². The molecule has 2 aromatic carbocycles. The maximum atomic E-state index is 5.84. The van der Waals surface area contributed by atoms with Crippen molar-refractivity contribution in [3.63, 3.8) is 0 Å². The molecule has 3 rings (SSSR count). The van der Waals surface area contributed by atoms with Gasteiger partial charge >= 0.3 is 185 Å². The summed E-state index contributed by atoms with van der Waals surface area (Å²) in [5.41, 5.74) is 2.74. The first-order valence-corrected chi connectivity index (χ1v) is 11.4. The van der Waals surface area contributed by atoms with Crippen LogP contribution < -0.4 is 10.6 Å². The summed E-state index contributed by atoms with van der Waals surface area (Å²) in [7, 11) is 0. The summed E-state index contributed by atoms with van der Waals surface area (Å²) >= 11 is 5.84. The minimum absolute atomic E-state index is 0.731. The summed E-state index contributed by atoms with van der Waals surface area (Å²) in [6.07, 6.45) is 2.30. The molecule has 2 N–H and O–H groups in total. The number of hydrogen-bond acceptors (Lipinski definition) is 3. The van der Waals surface area contributed by atoms with Crippen molar-refractivity contribution in [1.29, 1.82) is 0 Å². The average molecular weight is 439 g/mol. The van der Waals surface area contributed by atoms with Gasteiger partial charge < -0.3 is 0 Å². The molecule has 2 aromatic rings. The van der Waals surface area contributed by atoms with Gasteiger partial charge in [0.15, 0.2) is 0 Å². The number of hydrogen-bond donors (Lipinski definition) is 2. The third-order valence-corrected chi connectivity index (χ3v) is 6.15. The van der Waals surface area contributed by atoms with Gasteiger partial charge in [0.2, 0.25) is 0 Å². The van der Waals surface area contributed by atoms with Crippen LogP contribution in [0.25, 0.3) is 0 Å². The summed E-state index contributed by atoms with van der Waals surface area (Å²) < 4.78 is 0.731. The molecule has 4 nitrogen and oxygen atoms in total. The van der Waals surface area contributed by atoms with Crippen molar-refractivity contribution in [2.24, 2.45) is 0 Å². The molecule has 29 heavy (non-hydrogen) atoms. The fraction of sp³-hybridized carbons (Fsp3) is 0.500. The van der Waals surface area contributed by atoms with E-state index in [4.69, 9.17) is 15.7 Å². The minimum atomic E-state index is 0.731. The Morgan fingerprint density at radius 3 is 2.03 bits per heavy atom. The molecule has 0 bridgehead atoms. The van der Waals surface area contributed by atoms with E-state index in [1.165, 1.54) is 17.5 Å². The molecule has 0 aliphatic carbocycles. The van der Waals surface area contributed by atoms with Crippen molar-refractivity contribution < 1.29 is 19.2 Å². The molecular weight excluding hydrogens is 403 g/mol. The number of quaternary nitrogens is 1. The van der Waals surface area contributed by atoms with E-state index in [0.717, 1.165) is 75.4 Å². The zero-order chi connectivity index (χ0) is 20.2. The van der Waals surface area contributed by atoms with Crippen LogP contribution in [-0.4, -0.2) is 60.8 Å². The molecule has 1 heterocycles. The second-order valence-electron chi connectivity index (χ2n) is 8.03. The van der Waals surface area contributed by atoms with Gasteiger partial charge in [-0.1, -0.05) is 0 Å². The normalized spacial score (nSPS) is 23.4. The van der Waals surface area contributed by atoms with Crippen LogP contribution in [0.5, 0.6) is 0 Å².